The van der Waals surface area contributed by atoms with E-state index in [1.807, 2.05) is 45.5 Å². The predicted molar refractivity (Wildman–Crippen MR) is 78.8 cm³/mol. The molecule has 1 atom stereocenters. The van der Waals surface area contributed by atoms with Crippen LogP contribution in [0.15, 0.2) is 23.0 Å². The fraction of sp³-hybridized carbons (Fsp3) is 0.533. The minimum absolute atomic E-state index is 0.176. The van der Waals surface area contributed by atoms with Gasteiger partial charge in [0, 0.05) is 25.5 Å². The number of rotatable bonds is 5. The summed E-state index contributed by atoms with van der Waals surface area (Å²) in [5.74, 6) is 1.23. The summed E-state index contributed by atoms with van der Waals surface area (Å²) in [5.41, 5.74) is 0.776. The van der Waals surface area contributed by atoms with E-state index in [9.17, 15) is 4.79 Å². The van der Waals surface area contributed by atoms with Gasteiger partial charge in [0.15, 0.2) is 0 Å². The first kappa shape index (κ1) is 15.3. The van der Waals surface area contributed by atoms with E-state index in [1.54, 1.807) is 12.3 Å². The van der Waals surface area contributed by atoms with Crippen LogP contribution in [0.1, 0.15) is 61.7 Å². The smallest absolute Gasteiger partial charge is 0.290 e. The molecule has 0 aliphatic heterocycles. The van der Waals surface area contributed by atoms with Gasteiger partial charge >= 0.3 is 0 Å². The Morgan fingerprint density at radius 2 is 2.05 bits per heavy atom. The minimum Gasteiger partial charge on any atom is -0.351 e. The summed E-state index contributed by atoms with van der Waals surface area (Å²) < 4.78 is 7.03. The maximum Gasteiger partial charge on any atom is 0.290 e. The van der Waals surface area contributed by atoms with Crippen molar-refractivity contribution in [3.8, 4) is 0 Å². The molecule has 114 valence electrons. The van der Waals surface area contributed by atoms with E-state index in [4.69, 9.17) is 4.52 Å². The monoisotopic (exact) mass is 290 g/mol. The van der Waals surface area contributed by atoms with Crippen LogP contribution in [0.5, 0.6) is 0 Å². The molecule has 0 fully saturated rings. The summed E-state index contributed by atoms with van der Waals surface area (Å²) in [6.45, 7) is 8.09. The summed E-state index contributed by atoms with van der Waals surface area (Å²) in [6, 6.07) is 1.51. The number of nitrogens with zero attached hydrogens (tertiary/aromatic N) is 3. The molecule has 2 aromatic heterocycles. The van der Waals surface area contributed by atoms with Crippen LogP contribution in [0.3, 0.4) is 0 Å². The van der Waals surface area contributed by atoms with Gasteiger partial charge < -0.3 is 14.4 Å². The second kappa shape index (κ2) is 6.11. The van der Waals surface area contributed by atoms with Crippen LogP contribution in [0, 0.1) is 5.92 Å². The van der Waals surface area contributed by atoms with Crippen molar-refractivity contribution in [3.63, 3.8) is 0 Å². The number of carbonyl (C=O) groups is 1. The van der Waals surface area contributed by atoms with E-state index < -0.39 is 0 Å². The summed E-state index contributed by atoms with van der Waals surface area (Å²) in [6.07, 6.45) is 3.59. The third kappa shape index (κ3) is 3.32. The normalized spacial score (nSPS) is 12.9. The predicted octanol–water partition coefficient (Wildman–Crippen LogP) is 2.66. The van der Waals surface area contributed by atoms with Gasteiger partial charge in [-0.15, -0.1) is 0 Å². The zero-order chi connectivity index (χ0) is 15.6. The second-order valence-corrected chi connectivity index (χ2v) is 5.86. The van der Waals surface area contributed by atoms with Crippen LogP contribution >= 0.6 is 0 Å². The lowest BCUT2D eigenvalue weighted by Crippen LogP contribution is -2.33. The highest BCUT2D eigenvalue weighted by atomic mass is 16.5. The first-order valence-corrected chi connectivity index (χ1v) is 7.14. The van der Waals surface area contributed by atoms with E-state index in [-0.39, 0.29) is 29.5 Å². The third-order valence-electron chi connectivity index (χ3n) is 3.43. The van der Waals surface area contributed by atoms with Crippen LogP contribution in [-0.2, 0) is 7.05 Å². The topological polar surface area (TPSA) is 73.0 Å². The van der Waals surface area contributed by atoms with Crippen molar-refractivity contribution < 1.29 is 9.32 Å². The highest BCUT2D eigenvalue weighted by Gasteiger charge is 2.24. The minimum atomic E-state index is -0.268. The molecule has 1 N–H and O–H groups in total. The second-order valence-electron chi connectivity index (χ2n) is 5.86. The van der Waals surface area contributed by atoms with Gasteiger partial charge in [-0.25, -0.2) is 4.98 Å². The SMILES string of the molecule is CC(C)c1cc(C(=O)N[C@@H](c2nccn2C)C(C)C)on1. The molecular formula is C15H22N4O2. The Hall–Kier alpha value is -2.11. The lowest BCUT2D eigenvalue weighted by molar-refractivity contribution is 0.0884. The first-order chi connectivity index (χ1) is 9.90. The zero-order valence-corrected chi connectivity index (χ0v) is 13.1. The highest BCUT2D eigenvalue weighted by Crippen LogP contribution is 2.21. The van der Waals surface area contributed by atoms with Gasteiger partial charge in [0.05, 0.1) is 11.7 Å². The van der Waals surface area contributed by atoms with E-state index in [1.165, 1.54) is 0 Å². The van der Waals surface area contributed by atoms with Gasteiger partial charge in [0.1, 0.15) is 5.82 Å². The highest BCUT2D eigenvalue weighted by molar-refractivity contribution is 5.91. The summed E-state index contributed by atoms with van der Waals surface area (Å²) in [7, 11) is 1.91. The number of aryl methyl sites for hydroxylation is 1. The Kier molecular flexibility index (Phi) is 4.45. The molecule has 6 heteroatoms. The van der Waals surface area contributed by atoms with E-state index in [2.05, 4.69) is 15.5 Å². The zero-order valence-electron chi connectivity index (χ0n) is 13.1. The molecule has 1 amide bonds. The van der Waals surface area contributed by atoms with Crippen molar-refractivity contribution in [3.05, 3.63) is 35.7 Å². The largest absolute Gasteiger partial charge is 0.351 e. The van der Waals surface area contributed by atoms with Gasteiger partial charge in [-0.1, -0.05) is 32.9 Å². The Morgan fingerprint density at radius 3 is 2.52 bits per heavy atom. The molecule has 0 unspecified atom stereocenters. The standard InChI is InChI=1S/C15H22N4O2/c1-9(2)11-8-12(21-18-11)15(20)17-13(10(3)4)14-16-6-7-19(14)5/h6-10,13H,1-5H3,(H,17,20)/t13-/m1/s1. The molecule has 0 radical (unpaired) electrons. The summed E-state index contributed by atoms with van der Waals surface area (Å²) in [5, 5.41) is 6.88. The number of hydrogen-bond acceptors (Lipinski definition) is 4. The number of amides is 1. The Balaban J connectivity index is 2.17. The molecule has 0 aliphatic rings. The average Bonchev–Trinajstić information content (AvgIpc) is 3.04. The maximum atomic E-state index is 12.3. The number of imidazole rings is 1. The van der Waals surface area contributed by atoms with Gasteiger partial charge in [0.25, 0.3) is 5.91 Å². The Bertz CT molecular complexity index is 613. The van der Waals surface area contributed by atoms with Crippen LogP contribution in [0.4, 0.5) is 0 Å². The van der Waals surface area contributed by atoms with Crippen LogP contribution in [-0.4, -0.2) is 20.6 Å². The Labute approximate surface area is 124 Å². The van der Waals surface area contributed by atoms with Crippen molar-refractivity contribution in [2.45, 2.75) is 39.7 Å². The number of nitrogens with one attached hydrogen (secondary N) is 1. The van der Waals surface area contributed by atoms with Crippen molar-refractivity contribution in [2.75, 3.05) is 0 Å². The van der Waals surface area contributed by atoms with Gasteiger partial charge in [-0.3, -0.25) is 4.79 Å². The molecule has 2 heterocycles. The molecule has 0 saturated heterocycles. The first-order valence-electron chi connectivity index (χ1n) is 7.14. The molecule has 0 bridgehead atoms. The molecule has 0 saturated carbocycles. The van der Waals surface area contributed by atoms with E-state index in [0.29, 0.717) is 0 Å². The maximum absolute atomic E-state index is 12.3. The van der Waals surface area contributed by atoms with E-state index in [0.717, 1.165) is 11.5 Å². The van der Waals surface area contributed by atoms with Crippen LogP contribution < -0.4 is 5.32 Å². The number of carbonyl (C=O) groups excluding carboxylic acids is 1. The lowest BCUT2D eigenvalue weighted by Gasteiger charge is -2.21. The van der Waals surface area contributed by atoms with Crippen molar-refractivity contribution in [1.82, 2.24) is 20.0 Å². The number of hydrogen-bond donors (Lipinski definition) is 1. The van der Waals surface area contributed by atoms with Gasteiger partial charge in [-0.05, 0) is 11.8 Å². The Morgan fingerprint density at radius 1 is 1.33 bits per heavy atom. The van der Waals surface area contributed by atoms with Gasteiger partial charge in [-0.2, -0.15) is 0 Å². The molecule has 6 nitrogen and oxygen atoms in total. The molecular weight excluding hydrogens is 268 g/mol. The fourth-order valence-corrected chi connectivity index (χ4v) is 2.09. The summed E-state index contributed by atoms with van der Waals surface area (Å²) >= 11 is 0. The van der Waals surface area contributed by atoms with E-state index >= 15 is 0 Å². The fourth-order valence-electron chi connectivity index (χ4n) is 2.09. The molecule has 0 aliphatic carbocycles. The molecule has 2 rings (SSSR count). The van der Waals surface area contributed by atoms with Crippen molar-refractivity contribution >= 4 is 5.91 Å². The van der Waals surface area contributed by atoms with Gasteiger partial charge in [0.2, 0.25) is 5.76 Å². The van der Waals surface area contributed by atoms with Crippen LogP contribution in [0.2, 0.25) is 0 Å². The molecule has 2 aromatic rings. The quantitative estimate of drug-likeness (QED) is 0.918. The number of aromatic nitrogens is 3. The molecule has 0 aromatic carbocycles. The third-order valence-corrected chi connectivity index (χ3v) is 3.43. The van der Waals surface area contributed by atoms with Crippen molar-refractivity contribution in [2.24, 2.45) is 13.0 Å². The molecule has 0 spiro atoms. The summed E-state index contributed by atoms with van der Waals surface area (Å²) in [4.78, 5) is 16.6. The molecule has 21 heavy (non-hydrogen) atoms. The van der Waals surface area contributed by atoms with Crippen LogP contribution in [0.25, 0.3) is 0 Å². The van der Waals surface area contributed by atoms with Crippen molar-refractivity contribution in [1.29, 1.82) is 0 Å². The lowest BCUT2D eigenvalue weighted by atomic mass is 10.0. The average molecular weight is 290 g/mol.